The Kier molecular flexibility index (Phi) is 9.66. The van der Waals surface area contributed by atoms with E-state index >= 15 is 0 Å². The van der Waals surface area contributed by atoms with E-state index in [1.165, 1.54) is 42.9 Å². The van der Waals surface area contributed by atoms with Crippen LogP contribution in [0.5, 0.6) is 11.5 Å². The fourth-order valence-electron chi connectivity index (χ4n) is 3.44. The summed E-state index contributed by atoms with van der Waals surface area (Å²) < 4.78 is 38.9. The highest BCUT2D eigenvalue weighted by atomic mass is 32.2. The molecule has 1 amide bonds. The highest BCUT2D eigenvalue weighted by Gasteiger charge is 2.28. The molecule has 0 spiro atoms. The van der Waals surface area contributed by atoms with Crippen molar-refractivity contribution in [3.63, 3.8) is 0 Å². The number of carbonyl (C=O) groups is 1. The van der Waals surface area contributed by atoms with E-state index in [1.807, 2.05) is 19.1 Å². The molecule has 7 nitrogen and oxygen atoms in total. The molecular weight excluding hydrogens is 496 g/mol. The topological polar surface area (TPSA) is 84.9 Å². The number of carbonyl (C=O) groups excluding carboxylic acids is 1. The number of ether oxygens (including phenoxy) is 2. The third kappa shape index (κ3) is 7.18. The number of benzene rings is 3. The summed E-state index contributed by atoms with van der Waals surface area (Å²) in [4.78, 5) is 14.0. The molecule has 3 aromatic carbocycles. The molecule has 9 heteroatoms. The zero-order valence-electron chi connectivity index (χ0n) is 21.0. The van der Waals surface area contributed by atoms with Gasteiger partial charge in [0.25, 0.3) is 10.0 Å². The maximum atomic E-state index is 13.6. The SMILES string of the molecule is COc1ccc(S(=O)(=O)N(CC(=O)NCCCSc2ccc(C)cc2)c2ccc(C)cc2)cc1OC. The van der Waals surface area contributed by atoms with Crippen LogP contribution in [0.1, 0.15) is 17.5 Å². The van der Waals surface area contributed by atoms with Crippen molar-refractivity contribution < 1.29 is 22.7 Å². The number of anilines is 1. The van der Waals surface area contributed by atoms with Gasteiger partial charge in [-0.2, -0.15) is 0 Å². The fraction of sp³-hybridized carbons (Fsp3) is 0.296. The van der Waals surface area contributed by atoms with Gasteiger partial charge in [0.1, 0.15) is 6.54 Å². The van der Waals surface area contributed by atoms with Gasteiger partial charge in [-0.3, -0.25) is 9.10 Å². The van der Waals surface area contributed by atoms with Crippen molar-refractivity contribution in [1.29, 1.82) is 0 Å². The summed E-state index contributed by atoms with van der Waals surface area (Å²) in [5, 5.41) is 2.85. The van der Waals surface area contributed by atoms with Gasteiger partial charge in [-0.25, -0.2) is 8.42 Å². The Bertz CT molecular complexity index is 1260. The molecule has 0 aliphatic rings. The molecule has 0 fully saturated rings. The van der Waals surface area contributed by atoms with Crippen molar-refractivity contribution in [2.45, 2.75) is 30.1 Å². The Morgan fingerprint density at radius 2 is 1.50 bits per heavy atom. The number of hydrogen-bond acceptors (Lipinski definition) is 6. The van der Waals surface area contributed by atoms with Crippen LogP contribution in [0.15, 0.2) is 76.5 Å². The van der Waals surface area contributed by atoms with Gasteiger partial charge in [-0.1, -0.05) is 35.4 Å². The first-order valence-electron chi connectivity index (χ1n) is 11.5. The van der Waals surface area contributed by atoms with Crippen LogP contribution in [0.2, 0.25) is 0 Å². The molecule has 192 valence electrons. The molecular formula is C27H32N2O5S2. The lowest BCUT2D eigenvalue weighted by Crippen LogP contribution is -2.41. The van der Waals surface area contributed by atoms with Crippen LogP contribution in [0, 0.1) is 13.8 Å². The second-order valence-corrected chi connectivity index (χ2v) is 11.3. The van der Waals surface area contributed by atoms with E-state index < -0.39 is 10.0 Å². The molecule has 36 heavy (non-hydrogen) atoms. The van der Waals surface area contributed by atoms with Gasteiger partial charge >= 0.3 is 0 Å². The Morgan fingerprint density at radius 3 is 2.11 bits per heavy atom. The lowest BCUT2D eigenvalue weighted by Gasteiger charge is -2.24. The van der Waals surface area contributed by atoms with E-state index in [2.05, 4.69) is 36.5 Å². The van der Waals surface area contributed by atoms with E-state index in [0.29, 0.717) is 18.0 Å². The smallest absolute Gasteiger partial charge is 0.264 e. The van der Waals surface area contributed by atoms with Gasteiger partial charge in [0.05, 0.1) is 24.8 Å². The number of aryl methyl sites for hydroxylation is 2. The van der Waals surface area contributed by atoms with Crippen LogP contribution in [0.25, 0.3) is 0 Å². The fourth-order valence-corrected chi connectivity index (χ4v) is 5.73. The van der Waals surface area contributed by atoms with Gasteiger partial charge in [0.2, 0.25) is 5.91 Å². The van der Waals surface area contributed by atoms with Crippen LogP contribution < -0.4 is 19.1 Å². The average molecular weight is 529 g/mol. The number of amides is 1. The second-order valence-electron chi connectivity index (χ2n) is 8.23. The third-order valence-electron chi connectivity index (χ3n) is 5.49. The van der Waals surface area contributed by atoms with E-state index in [0.717, 1.165) is 22.0 Å². The molecule has 1 N–H and O–H groups in total. The number of thioether (sulfide) groups is 1. The molecule has 0 saturated carbocycles. The predicted molar refractivity (Wildman–Crippen MR) is 145 cm³/mol. The Balaban J connectivity index is 1.70. The lowest BCUT2D eigenvalue weighted by molar-refractivity contribution is -0.119. The molecule has 0 aliphatic carbocycles. The zero-order valence-corrected chi connectivity index (χ0v) is 22.6. The molecule has 0 heterocycles. The van der Waals surface area contributed by atoms with Crippen molar-refractivity contribution in [3.05, 3.63) is 77.9 Å². The number of nitrogens with zero attached hydrogens (tertiary/aromatic N) is 1. The first kappa shape index (κ1) is 27.4. The summed E-state index contributed by atoms with van der Waals surface area (Å²) >= 11 is 1.72. The van der Waals surface area contributed by atoms with Crippen LogP contribution in [0.4, 0.5) is 5.69 Å². The van der Waals surface area contributed by atoms with E-state index in [9.17, 15) is 13.2 Å². The molecule has 0 radical (unpaired) electrons. The highest BCUT2D eigenvalue weighted by molar-refractivity contribution is 7.99. The van der Waals surface area contributed by atoms with Gasteiger partial charge < -0.3 is 14.8 Å². The average Bonchev–Trinajstić information content (AvgIpc) is 2.88. The summed E-state index contributed by atoms with van der Waals surface area (Å²) in [7, 11) is -1.14. The number of methoxy groups -OCH3 is 2. The Hall–Kier alpha value is -3.17. The summed E-state index contributed by atoms with van der Waals surface area (Å²) in [5.74, 6) is 1.17. The predicted octanol–water partition coefficient (Wildman–Crippen LogP) is 4.81. The minimum Gasteiger partial charge on any atom is -0.493 e. The quantitative estimate of drug-likeness (QED) is 0.268. The highest BCUT2D eigenvalue weighted by Crippen LogP contribution is 2.32. The van der Waals surface area contributed by atoms with Crippen molar-refractivity contribution in [2.75, 3.05) is 37.4 Å². The Labute approximate surface area is 217 Å². The van der Waals surface area contributed by atoms with Crippen molar-refractivity contribution >= 4 is 33.4 Å². The lowest BCUT2D eigenvalue weighted by atomic mass is 10.2. The Morgan fingerprint density at radius 1 is 0.889 bits per heavy atom. The summed E-state index contributed by atoms with van der Waals surface area (Å²) in [6.45, 7) is 4.08. The molecule has 3 rings (SSSR count). The normalized spacial score (nSPS) is 11.1. The van der Waals surface area contributed by atoms with Gasteiger partial charge in [0.15, 0.2) is 11.5 Å². The van der Waals surface area contributed by atoms with Crippen LogP contribution in [-0.4, -0.2) is 47.4 Å². The summed E-state index contributed by atoms with van der Waals surface area (Å²) in [6, 6.07) is 19.7. The van der Waals surface area contributed by atoms with E-state index in [-0.39, 0.29) is 23.1 Å². The van der Waals surface area contributed by atoms with Crippen molar-refractivity contribution in [3.8, 4) is 11.5 Å². The summed E-state index contributed by atoms with van der Waals surface area (Å²) in [6.07, 6.45) is 0.761. The van der Waals surface area contributed by atoms with Gasteiger partial charge in [0, 0.05) is 17.5 Å². The van der Waals surface area contributed by atoms with Crippen LogP contribution >= 0.6 is 11.8 Å². The molecule has 0 unspecified atom stereocenters. The molecule has 0 atom stereocenters. The molecule has 0 bridgehead atoms. The number of rotatable bonds is 12. The first-order chi connectivity index (χ1) is 17.2. The van der Waals surface area contributed by atoms with Gasteiger partial charge in [-0.05, 0) is 62.4 Å². The monoisotopic (exact) mass is 528 g/mol. The molecule has 0 aromatic heterocycles. The number of sulfonamides is 1. The second kappa shape index (κ2) is 12.7. The first-order valence-corrected chi connectivity index (χ1v) is 13.9. The van der Waals surface area contributed by atoms with Crippen LogP contribution in [0.3, 0.4) is 0 Å². The van der Waals surface area contributed by atoms with Crippen molar-refractivity contribution in [1.82, 2.24) is 5.32 Å². The maximum Gasteiger partial charge on any atom is 0.264 e. The number of hydrogen-bond donors (Lipinski definition) is 1. The van der Waals surface area contributed by atoms with E-state index in [1.54, 1.807) is 23.9 Å². The van der Waals surface area contributed by atoms with E-state index in [4.69, 9.17) is 9.47 Å². The molecule has 3 aromatic rings. The van der Waals surface area contributed by atoms with Crippen LogP contribution in [-0.2, 0) is 14.8 Å². The van der Waals surface area contributed by atoms with Gasteiger partial charge in [-0.15, -0.1) is 11.8 Å². The third-order valence-corrected chi connectivity index (χ3v) is 8.35. The maximum absolute atomic E-state index is 13.6. The zero-order chi connectivity index (χ0) is 26.1. The largest absolute Gasteiger partial charge is 0.493 e. The summed E-state index contributed by atoms with van der Waals surface area (Å²) in [5.41, 5.74) is 2.60. The minimum atomic E-state index is -4.06. The molecule has 0 saturated heterocycles. The standard InChI is InChI=1S/C27H32N2O5S2/c1-20-6-10-22(11-7-20)29(36(31,32)24-14-15-25(33-3)26(18-24)34-4)19-27(30)28-16-5-17-35-23-12-8-21(2)9-13-23/h6-15,18H,5,16-17,19H2,1-4H3,(H,28,30). The minimum absolute atomic E-state index is 0.00280. The number of nitrogens with one attached hydrogen (secondary N) is 1. The molecule has 0 aliphatic heterocycles. The van der Waals surface area contributed by atoms with Crippen molar-refractivity contribution in [2.24, 2.45) is 0 Å².